The van der Waals surface area contributed by atoms with Gasteiger partial charge in [0.15, 0.2) is 0 Å². The molecule has 0 aromatic heterocycles. The van der Waals surface area contributed by atoms with Crippen molar-refractivity contribution in [2.45, 2.75) is 32.4 Å². The van der Waals surface area contributed by atoms with Crippen LogP contribution in [0.4, 0.5) is 4.79 Å². The molecule has 122 valence electrons. The molecule has 22 heavy (non-hydrogen) atoms. The van der Waals surface area contributed by atoms with Crippen LogP contribution < -0.4 is 10.1 Å². The number of hydrogen-bond donors (Lipinski definition) is 1. The fourth-order valence-corrected chi connectivity index (χ4v) is 2.79. The fourth-order valence-electron chi connectivity index (χ4n) is 2.79. The van der Waals surface area contributed by atoms with Gasteiger partial charge in [-0.05, 0) is 39.9 Å². The van der Waals surface area contributed by atoms with Crippen LogP contribution in [0.5, 0.6) is 5.75 Å². The average molecular weight is 305 g/mol. The van der Waals surface area contributed by atoms with E-state index in [2.05, 4.69) is 24.3 Å². The molecule has 1 N–H and O–H groups in total. The molecule has 1 aliphatic rings. The topological polar surface area (TPSA) is 44.8 Å². The Labute approximate surface area is 133 Å². The van der Waals surface area contributed by atoms with Gasteiger partial charge >= 0.3 is 6.03 Å². The van der Waals surface area contributed by atoms with Crippen molar-refractivity contribution in [2.75, 3.05) is 33.8 Å². The van der Waals surface area contributed by atoms with Crippen molar-refractivity contribution in [3.8, 4) is 5.75 Å². The Hall–Kier alpha value is -1.75. The minimum absolute atomic E-state index is 0.0119. The van der Waals surface area contributed by atoms with Crippen molar-refractivity contribution in [3.05, 3.63) is 29.8 Å². The van der Waals surface area contributed by atoms with Gasteiger partial charge in [0.25, 0.3) is 0 Å². The summed E-state index contributed by atoms with van der Waals surface area (Å²) in [5.41, 5.74) is 1.01. The van der Waals surface area contributed by atoms with E-state index < -0.39 is 0 Å². The first kappa shape index (κ1) is 16.6. The van der Waals surface area contributed by atoms with E-state index in [1.54, 1.807) is 0 Å². The summed E-state index contributed by atoms with van der Waals surface area (Å²) in [5.74, 6) is 0.843. The Bertz CT molecular complexity index is 491. The first-order chi connectivity index (χ1) is 10.6. The number of nitrogens with zero attached hydrogens (tertiary/aromatic N) is 2. The minimum Gasteiger partial charge on any atom is -0.494 e. The molecule has 0 unspecified atom stereocenters. The van der Waals surface area contributed by atoms with E-state index in [4.69, 9.17) is 4.74 Å². The number of para-hydroxylation sites is 1. The first-order valence-corrected chi connectivity index (χ1v) is 8.01. The maximum atomic E-state index is 12.4. The maximum Gasteiger partial charge on any atom is 0.317 e. The number of likely N-dealkylation sites (N-methyl/N-ethyl adjacent to an activating group) is 1. The van der Waals surface area contributed by atoms with E-state index in [1.165, 1.54) is 0 Å². The van der Waals surface area contributed by atoms with Crippen molar-refractivity contribution in [1.29, 1.82) is 0 Å². The summed E-state index contributed by atoms with van der Waals surface area (Å²) in [6.07, 6.45) is 2.22. The highest BCUT2D eigenvalue weighted by atomic mass is 16.5. The summed E-state index contributed by atoms with van der Waals surface area (Å²) >= 11 is 0. The molecule has 1 heterocycles. The molecule has 0 radical (unpaired) electrons. The second-order valence-electron chi connectivity index (χ2n) is 5.91. The number of rotatable bonds is 5. The second-order valence-corrected chi connectivity index (χ2v) is 5.91. The highest BCUT2D eigenvalue weighted by molar-refractivity contribution is 5.74. The SMILES string of the molecule is CCOc1ccccc1CNC(=O)N1CCC[C@H](N(C)C)C1. The van der Waals surface area contributed by atoms with E-state index in [0.29, 0.717) is 19.2 Å². The number of amides is 2. The van der Waals surface area contributed by atoms with Crippen LogP contribution in [0.1, 0.15) is 25.3 Å². The quantitative estimate of drug-likeness (QED) is 0.908. The normalized spacial score (nSPS) is 18.4. The van der Waals surface area contributed by atoms with Crippen LogP contribution >= 0.6 is 0 Å². The van der Waals surface area contributed by atoms with E-state index in [-0.39, 0.29) is 6.03 Å². The van der Waals surface area contributed by atoms with Crippen LogP contribution in [0.2, 0.25) is 0 Å². The zero-order chi connectivity index (χ0) is 15.9. The molecular weight excluding hydrogens is 278 g/mol. The number of benzene rings is 1. The molecule has 2 amide bonds. The largest absolute Gasteiger partial charge is 0.494 e. The van der Waals surface area contributed by atoms with E-state index in [1.807, 2.05) is 36.1 Å². The molecule has 0 bridgehead atoms. The molecule has 1 fully saturated rings. The van der Waals surface area contributed by atoms with Crippen molar-refractivity contribution in [2.24, 2.45) is 0 Å². The number of piperidine rings is 1. The highest BCUT2D eigenvalue weighted by Crippen LogP contribution is 2.18. The Balaban J connectivity index is 1.90. The third-order valence-corrected chi connectivity index (χ3v) is 4.12. The molecule has 1 aromatic rings. The van der Waals surface area contributed by atoms with Gasteiger partial charge < -0.3 is 19.9 Å². The fraction of sp³-hybridized carbons (Fsp3) is 0.588. The number of ether oxygens (including phenoxy) is 1. The Morgan fingerprint density at radius 3 is 2.91 bits per heavy atom. The lowest BCUT2D eigenvalue weighted by Crippen LogP contribution is -2.50. The van der Waals surface area contributed by atoms with E-state index in [9.17, 15) is 4.79 Å². The number of nitrogens with one attached hydrogen (secondary N) is 1. The first-order valence-electron chi connectivity index (χ1n) is 8.01. The standard InChI is InChI=1S/C17H27N3O2/c1-4-22-16-10-6-5-8-14(16)12-18-17(21)20-11-7-9-15(13-20)19(2)3/h5-6,8,10,15H,4,7,9,11-13H2,1-3H3,(H,18,21)/t15-/m0/s1. The third kappa shape index (κ3) is 4.37. The van der Waals surface area contributed by atoms with Crippen molar-refractivity contribution in [3.63, 3.8) is 0 Å². The molecule has 1 atom stereocenters. The molecule has 1 aliphatic heterocycles. The van der Waals surface area contributed by atoms with Crippen LogP contribution in [0, 0.1) is 0 Å². The minimum atomic E-state index is 0.0119. The molecule has 1 aromatic carbocycles. The predicted octanol–water partition coefficient (Wildman–Crippen LogP) is 2.32. The lowest BCUT2D eigenvalue weighted by Gasteiger charge is -2.36. The molecule has 5 nitrogen and oxygen atoms in total. The molecule has 0 saturated carbocycles. The van der Waals surface area contributed by atoms with Crippen molar-refractivity contribution < 1.29 is 9.53 Å². The summed E-state index contributed by atoms with van der Waals surface area (Å²) in [6, 6.07) is 8.31. The number of carbonyl (C=O) groups excluding carboxylic acids is 1. The van der Waals surface area contributed by atoms with E-state index in [0.717, 1.165) is 37.2 Å². The molecule has 1 saturated heterocycles. The van der Waals surface area contributed by atoms with Gasteiger partial charge in [-0.25, -0.2) is 4.79 Å². The van der Waals surface area contributed by atoms with Gasteiger partial charge in [-0.1, -0.05) is 18.2 Å². The van der Waals surface area contributed by atoms with Gasteiger partial charge in [-0.2, -0.15) is 0 Å². The predicted molar refractivity (Wildman–Crippen MR) is 88.1 cm³/mol. The molecular formula is C17H27N3O2. The molecule has 2 rings (SSSR count). The summed E-state index contributed by atoms with van der Waals surface area (Å²) in [6.45, 7) is 4.72. The van der Waals surface area contributed by atoms with Gasteiger partial charge in [-0.15, -0.1) is 0 Å². The van der Waals surface area contributed by atoms with Crippen LogP contribution in [0.3, 0.4) is 0 Å². The van der Waals surface area contributed by atoms with Crippen LogP contribution in [0.25, 0.3) is 0 Å². The number of likely N-dealkylation sites (tertiary alicyclic amines) is 1. The smallest absolute Gasteiger partial charge is 0.317 e. The van der Waals surface area contributed by atoms with Gasteiger partial charge in [0.05, 0.1) is 6.61 Å². The van der Waals surface area contributed by atoms with Crippen LogP contribution in [0.15, 0.2) is 24.3 Å². The third-order valence-electron chi connectivity index (χ3n) is 4.12. The Morgan fingerprint density at radius 1 is 1.41 bits per heavy atom. The van der Waals surface area contributed by atoms with E-state index >= 15 is 0 Å². The molecule has 0 spiro atoms. The van der Waals surface area contributed by atoms with Crippen LogP contribution in [-0.2, 0) is 6.54 Å². The van der Waals surface area contributed by atoms with Gasteiger partial charge in [0, 0.05) is 31.2 Å². The Morgan fingerprint density at radius 2 is 2.18 bits per heavy atom. The summed E-state index contributed by atoms with van der Waals surface area (Å²) in [7, 11) is 4.15. The summed E-state index contributed by atoms with van der Waals surface area (Å²) in [4.78, 5) is 16.5. The van der Waals surface area contributed by atoms with Gasteiger partial charge in [-0.3, -0.25) is 0 Å². The lowest BCUT2D eigenvalue weighted by molar-refractivity contribution is 0.139. The monoisotopic (exact) mass is 305 g/mol. The lowest BCUT2D eigenvalue weighted by atomic mass is 10.1. The second kappa shape index (κ2) is 8.03. The van der Waals surface area contributed by atoms with Gasteiger partial charge in [0.2, 0.25) is 0 Å². The van der Waals surface area contributed by atoms with Crippen LogP contribution in [-0.4, -0.2) is 55.7 Å². The van der Waals surface area contributed by atoms with Crippen molar-refractivity contribution >= 4 is 6.03 Å². The number of hydrogen-bond acceptors (Lipinski definition) is 3. The van der Waals surface area contributed by atoms with Gasteiger partial charge in [0.1, 0.15) is 5.75 Å². The molecule has 0 aliphatic carbocycles. The Kier molecular flexibility index (Phi) is 6.07. The number of urea groups is 1. The summed E-state index contributed by atoms with van der Waals surface area (Å²) < 4.78 is 5.59. The average Bonchev–Trinajstić information content (AvgIpc) is 2.54. The summed E-state index contributed by atoms with van der Waals surface area (Å²) in [5, 5.41) is 3.02. The maximum absolute atomic E-state index is 12.4. The zero-order valence-electron chi connectivity index (χ0n) is 13.8. The highest BCUT2D eigenvalue weighted by Gasteiger charge is 2.24. The zero-order valence-corrected chi connectivity index (χ0v) is 13.8. The molecule has 5 heteroatoms. The number of carbonyl (C=O) groups is 1. The van der Waals surface area contributed by atoms with Crippen molar-refractivity contribution in [1.82, 2.24) is 15.1 Å².